The van der Waals surface area contributed by atoms with E-state index in [9.17, 15) is 4.79 Å². The van der Waals surface area contributed by atoms with Crippen LogP contribution < -0.4 is 10.6 Å². The van der Waals surface area contributed by atoms with Crippen molar-refractivity contribution in [3.8, 4) is 0 Å². The van der Waals surface area contributed by atoms with E-state index in [-0.39, 0.29) is 5.91 Å². The number of aryl methyl sites for hydroxylation is 3. The van der Waals surface area contributed by atoms with E-state index in [1.165, 1.54) is 22.3 Å². The molecule has 0 fully saturated rings. The number of hydrogen-bond donors (Lipinski definition) is 3. The Hall–Kier alpha value is -2.92. The van der Waals surface area contributed by atoms with Gasteiger partial charge in [0, 0.05) is 29.9 Å². The Labute approximate surface area is 165 Å². The van der Waals surface area contributed by atoms with Crippen molar-refractivity contribution in [1.29, 1.82) is 0 Å². The van der Waals surface area contributed by atoms with Crippen molar-refractivity contribution < 1.29 is 4.79 Å². The number of H-pyrrole nitrogens is 1. The third-order valence-corrected chi connectivity index (χ3v) is 5.43. The molecule has 0 bridgehead atoms. The predicted octanol–water partition coefficient (Wildman–Crippen LogP) is 3.79. The molecular formula is C23H26N4O. The van der Waals surface area contributed by atoms with Crippen LogP contribution in [0.15, 0.2) is 48.5 Å². The summed E-state index contributed by atoms with van der Waals surface area (Å²) in [6, 6.07) is 16.7. The zero-order valence-corrected chi connectivity index (χ0v) is 16.4. The maximum Gasteiger partial charge on any atom is 0.256 e. The number of nitrogens with one attached hydrogen (secondary N) is 3. The summed E-state index contributed by atoms with van der Waals surface area (Å²) in [4.78, 5) is 12.6. The molecule has 1 atom stereocenters. The molecule has 0 saturated heterocycles. The monoisotopic (exact) mass is 374 g/mol. The molecule has 0 spiro atoms. The lowest BCUT2D eigenvalue weighted by atomic mass is 9.94. The molecule has 3 aromatic rings. The molecule has 1 amide bonds. The average molecular weight is 374 g/mol. The highest BCUT2D eigenvalue weighted by molar-refractivity contribution is 6.03. The molecule has 5 nitrogen and oxygen atoms in total. The van der Waals surface area contributed by atoms with E-state index >= 15 is 0 Å². The van der Waals surface area contributed by atoms with Gasteiger partial charge >= 0.3 is 0 Å². The Bertz CT molecular complexity index is 992. The molecule has 1 aliphatic rings. The molecule has 144 valence electrons. The van der Waals surface area contributed by atoms with E-state index in [0.717, 1.165) is 31.5 Å². The molecule has 0 aliphatic carbocycles. The highest BCUT2D eigenvalue weighted by Gasteiger charge is 2.17. The van der Waals surface area contributed by atoms with Gasteiger partial charge < -0.3 is 10.6 Å². The van der Waals surface area contributed by atoms with Crippen LogP contribution in [0.1, 0.15) is 45.2 Å². The molecule has 28 heavy (non-hydrogen) atoms. The maximum absolute atomic E-state index is 12.6. The van der Waals surface area contributed by atoms with Crippen LogP contribution in [-0.2, 0) is 25.8 Å². The molecule has 1 aliphatic heterocycles. The first-order valence-corrected chi connectivity index (χ1v) is 9.84. The minimum Gasteiger partial charge on any atom is -0.310 e. The van der Waals surface area contributed by atoms with E-state index in [4.69, 9.17) is 0 Å². The van der Waals surface area contributed by atoms with Crippen molar-refractivity contribution in [2.24, 2.45) is 0 Å². The van der Waals surface area contributed by atoms with Gasteiger partial charge in [-0.15, -0.1) is 0 Å². The van der Waals surface area contributed by atoms with Crippen molar-refractivity contribution >= 4 is 11.7 Å². The normalized spacial score (nSPS) is 15.9. The number of benzene rings is 2. The molecule has 2 aromatic carbocycles. The summed E-state index contributed by atoms with van der Waals surface area (Å²) >= 11 is 0. The fourth-order valence-electron chi connectivity index (χ4n) is 3.72. The second-order valence-corrected chi connectivity index (χ2v) is 7.63. The molecule has 5 heteroatoms. The lowest BCUT2D eigenvalue weighted by Crippen LogP contribution is -2.33. The van der Waals surface area contributed by atoms with Gasteiger partial charge in [-0.25, -0.2) is 0 Å². The van der Waals surface area contributed by atoms with Gasteiger partial charge in [0.25, 0.3) is 5.91 Å². The first-order valence-electron chi connectivity index (χ1n) is 9.84. The maximum atomic E-state index is 12.6. The molecule has 1 unspecified atom stereocenters. The molecule has 1 aromatic heterocycles. The van der Waals surface area contributed by atoms with Gasteiger partial charge in [0.05, 0.1) is 0 Å². The topological polar surface area (TPSA) is 69.8 Å². The van der Waals surface area contributed by atoms with Crippen molar-refractivity contribution in [1.82, 2.24) is 15.5 Å². The molecule has 4 rings (SSSR count). The first kappa shape index (κ1) is 18.4. The van der Waals surface area contributed by atoms with Crippen LogP contribution >= 0.6 is 0 Å². The number of amides is 1. The van der Waals surface area contributed by atoms with Crippen molar-refractivity contribution in [3.05, 3.63) is 82.0 Å². The second-order valence-electron chi connectivity index (χ2n) is 7.63. The number of anilines is 1. The van der Waals surface area contributed by atoms with E-state index < -0.39 is 0 Å². The van der Waals surface area contributed by atoms with E-state index in [0.29, 0.717) is 17.4 Å². The van der Waals surface area contributed by atoms with E-state index in [1.54, 1.807) is 0 Å². The highest BCUT2D eigenvalue weighted by Crippen LogP contribution is 2.19. The predicted molar refractivity (Wildman–Crippen MR) is 112 cm³/mol. The summed E-state index contributed by atoms with van der Waals surface area (Å²) < 4.78 is 0. The Kier molecular flexibility index (Phi) is 5.26. The SMILES string of the molecule is Cc1ccccc1CCc1cc(NC(=O)c2ccc3c(c2)CC(C)NC3)n[nH]1. The van der Waals surface area contributed by atoms with Crippen LogP contribution in [-0.4, -0.2) is 22.1 Å². The van der Waals surface area contributed by atoms with Crippen LogP contribution in [0.3, 0.4) is 0 Å². The zero-order chi connectivity index (χ0) is 19.5. The third kappa shape index (κ3) is 4.15. The quantitative estimate of drug-likeness (QED) is 0.636. The van der Waals surface area contributed by atoms with Gasteiger partial charge in [-0.05, 0) is 67.5 Å². The van der Waals surface area contributed by atoms with Crippen molar-refractivity contribution in [3.63, 3.8) is 0 Å². The summed E-state index contributed by atoms with van der Waals surface area (Å²) in [5, 5.41) is 13.6. The summed E-state index contributed by atoms with van der Waals surface area (Å²) in [6.45, 7) is 5.16. The fourth-order valence-corrected chi connectivity index (χ4v) is 3.72. The Morgan fingerprint density at radius 1 is 1.14 bits per heavy atom. The number of fused-ring (bicyclic) bond motifs is 1. The highest BCUT2D eigenvalue weighted by atomic mass is 16.1. The van der Waals surface area contributed by atoms with Gasteiger partial charge in [-0.2, -0.15) is 5.10 Å². The smallest absolute Gasteiger partial charge is 0.256 e. The minimum absolute atomic E-state index is 0.120. The Morgan fingerprint density at radius 3 is 2.86 bits per heavy atom. The zero-order valence-electron chi connectivity index (χ0n) is 16.4. The van der Waals surface area contributed by atoms with Crippen molar-refractivity contribution in [2.75, 3.05) is 5.32 Å². The van der Waals surface area contributed by atoms with Gasteiger partial charge in [0.2, 0.25) is 0 Å². The number of aromatic amines is 1. The second kappa shape index (κ2) is 7.98. The van der Waals surface area contributed by atoms with Gasteiger partial charge in [0.15, 0.2) is 5.82 Å². The fraction of sp³-hybridized carbons (Fsp3) is 0.304. The summed E-state index contributed by atoms with van der Waals surface area (Å²) in [5.74, 6) is 0.448. The van der Waals surface area contributed by atoms with E-state index in [1.807, 2.05) is 24.3 Å². The number of rotatable bonds is 5. The summed E-state index contributed by atoms with van der Waals surface area (Å²) in [6.07, 6.45) is 2.75. The summed E-state index contributed by atoms with van der Waals surface area (Å²) in [7, 11) is 0. The Morgan fingerprint density at radius 2 is 2.00 bits per heavy atom. The van der Waals surface area contributed by atoms with Crippen LogP contribution in [0, 0.1) is 6.92 Å². The molecule has 0 saturated carbocycles. The molecular weight excluding hydrogens is 348 g/mol. The van der Waals surface area contributed by atoms with Gasteiger partial charge in [-0.1, -0.05) is 30.3 Å². The van der Waals surface area contributed by atoms with Gasteiger partial charge in [0.1, 0.15) is 0 Å². The Balaban J connectivity index is 1.39. The minimum atomic E-state index is -0.120. The lowest BCUT2D eigenvalue weighted by Gasteiger charge is -2.23. The van der Waals surface area contributed by atoms with Crippen molar-refractivity contribution in [2.45, 2.75) is 45.7 Å². The average Bonchev–Trinajstić information content (AvgIpc) is 3.14. The first-order chi connectivity index (χ1) is 13.6. The molecule has 2 heterocycles. The molecule has 0 radical (unpaired) electrons. The largest absolute Gasteiger partial charge is 0.310 e. The number of carbonyl (C=O) groups excluding carboxylic acids is 1. The number of hydrogen-bond acceptors (Lipinski definition) is 3. The van der Waals surface area contributed by atoms with Crippen LogP contribution in [0.5, 0.6) is 0 Å². The lowest BCUT2D eigenvalue weighted by molar-refractivity contribution is 0.102. The summed E-state index contributed by atoms with van der Waals surface area (Å²) in [5.41, 5.74) is 6.85. The third-order valence-electron chi connectivity index (χ3n) is 5.43. The number of nitrogens with zero attached hydrogens (tertiary/aromatic N) is 1. The number of aromatic nitrogens is 2. The van der Waals surface area contributed by atoms with Crippen LogP contribution in [0.4, 0.5) is 5.82 Å². The number of carbonyl (C=O) groups is 1. The van der Waals surface area contributed by atoms with Gasteiger partial charge in [-0.3, -0.25) is 9.89 Å². The standard InChI is InChI=1S/C23H26N4O/c1-15-5-3-4-6-17(15)9-10-21-13-22(27-26-21)25-23(28)18-7-8-19-14-24-16(2)11-20(19)12-18/h3-8,12-13,16,24H,9-11,14H2,1-2H3,(H2,25,26,27,28). The van der Waals surface area contributed by atoms with Crippen LogP contribution in [0.25, 0.3) is 0 Å². The molecule has 3 N–H and O–H groups in total. The van der Waals surface area contributed by atoms with Crippen LogP contribution in [0.2, 0.25) is 0 Å². The van der Waals surface area contributed by atoms with E-state index in [2.05, 4.69) is 58.9 Å².